The van der Waals surface area contributed by atoms with Gasteiger partial charge in [-0.1, -0.05) is 30.3 Å². The van der Waals surface area contributed by atoms with Gasteiger partial charge in [0.1, 0.15) is 0 Å². The van der Waals surface area contributed by atoms with Gasteiger partial charge < -0.3 is 15.4 Å². The van der Waals surface area contributed by atoms with E-state index in [0.717, 1.165) is 25.9 Å². The summed E-state index contributed by atoms with van der Waals surface area (Å²) in [5, 5.41) is 5.84. The highest BCUT2D eigenvalue weighted by atomic mass is 16.5. The number of nitrogens with one attached hydrogen (secondary N) is 2. The van der Waals surface area contributed by atoms with Crippen LogP contribution in [-0.4, -0.2) is 37.6 Å². The highest BCUT2D eigenvalue weighted by Gasteiger charge is 2.47. The first kappa shape index (κ1) is 16.0. The summed E-state index contributed by atoms with van der Waals surface area (Å²) in [4.78, 5) is 24.1. The molecule has 3 atom stereocenters. The number of hydrogen-bond acceptors (Lipinski definition) is 3. The van der Waals surface area contributed by atoms with Crippen molar-refractivity contribution in [3.8, 4) is 0 Å². The number of ether oxygens (including phenoxy) is 1. The molecular weight excluding hydrogens is 292 g/mol. The second-order valence-electron chi connectivity index (χ2n) is 6.36. The van der Waals surface area contributed by atoms with E-state index in [2.05, 4.69) is 10.6 Å². The molecule has 0 radical (unpaired) electrons. The minimum Gasteiger partial charge on any atom is -0.376 e. The molecule has 5 heteroatoms. The molecule has 1 aromatic carbocycles. The van der Waals surface area contributed by atoms with E-state index in [-0.39, 0.29) is 29.8 Å². The van der Waals surface area contributed by atoms with Gasteiger partial charge in [0.15, 0.2) is 0 Å². The highest BCUT2D eigenvalue weighted by molar-refractivity contribution is 5.92. The van der Waals surface area contributed by atoms with Crippen molar-refractivity contribution in [3.05, 3.63) is 35.9 Å². The molecule has 0 spiro atoms. The molecule has 1 saturated heterocycles. The van der Waals surface area contributed by atoms with Crippen LogP contribution in [-0.2, 0) is 20.7 Å². The van der Waals surface area contributed by atoms with Crippen LogP contribution in [0.2, 0.25) is 0 Å². The second kappa shape index (κ2) is 7.59. The van der Waals surface area contributed by atoms with Crippen molar-refractivity contribution < 1.29 is 14.3 Å². The third kappa shape index (κ3) is 4.55. The van der Waals surface area contributed by atoms with Gasteiger partial charge in [-0.05, 0) is 31.2 Å². The standard InChI is InChI=1S/C18H24N2O3/c21-17(19-9-8-13-5-2-1-3-6-13)15-11-16(15)18(22)20-12-14-7-4-10-23-14/h1-3,5-6,14-16H,4,7-12H2,(H,19,21)(H,20,22). The lowest BCUT2D eigenvalue weighted by molar-refractivity contribution is -0.127. The summed E-state index contributed by atoms with van der Waals surface area (Å²) >= 11 is 0. The summed E-state index contributed by atoms with van der Waals surface area (Å²) in [6.07, 6.45) is 3.70. The normalized spacial score (nSPS) is 25.8. The summed E-state index contributed by atoms with van der Waals surface area (Å²) in [6, 6.07) is 10.1. The first-order valence-corrected chi connectivity index (χ1v) is 8.45. The van der Waals surface area contributed by atoms with Gasteiger partial charge in [-0.15, -0.1) is 0 Å². The number of carbonyl (C=O) groups is 2. The average molecular weight is 316 g/mol. The summed E-state index contributed by atoms with van der Waals surface area (Å²) in [7, 11) is 0. The number of rotatable bonds is 7. The molecule has 3 unspecified atom stereocenters. The smallest absolute Gasteiger partial charge is 0.224 e. The van der Waals surface area contributed by atoms with Crippen molar-refractivity contribution in [1.29, 1.82) is 0 Å². The molecule has 1 aliphatic heterocycles. The minimum atomic E-state index is -0.159. The van der Waals surface area contributed by atoms with Crippen molar-refractivity contribution in [2.45, 2.75) is 31.8 Å². The Kier molecular flexibility index (Phi) is 5.28. The van der Waals surface area contributed by atoms with Crippen LogP contribution >= 0.6 is 0 Å². The van der Waals surface area contributed by atoms with Gasteiger partial charge in [0.05, 0.1) is 17.9 Å². The largest absolute Gasteiger partial charge is 0.376 e. The fraction of sp³-hybridized carbons (Fsp3) is 0.556. The third-order valence-electron chi connectivity index (χ3n) is 4.55. The number of amides is 2. The quantitative estimate of drug-likeness (QED) is 0.796. The Morgan fingerprint density at radius 1 is 1.09 bits per heavy atom. The lowest BCUT2D eigenvalue weighted by Crippen LogP contribution is -2.35. The molecular formula is C18H24N2O3. The van der Waals surface area contributed by atoms with E-state index in [1.165, 1.54) is 5.56 Å². The van der Waals surface area contributed by atoms with Gasteiger partial charge in [-0.25, -0.2) is 0 Å². The van der Waals surface area contributed by atoms with Crippen molar-refractivity contribution in [1.82, 2.24) is 10.6 Å². The number of benzene rings is 1. The SMILES string of the molecule is O=C(NCCc1ccccc1)C1CC1C(=O)NCC1CCCO1. The number of carbonyl (C=O) groups excluding carboxylic acids is 2. The Morgan fingerprint density at radius 3 is 2.52 bits per heavy atom. The summed E-state index contributed by atoms with van der Waals surface area (Å²) < 4.78 is 5.48. The Hall–Kier alpha value is -1.88. The highest BCUT2D eigenvalue weighted by Crippen LogP contribution is 2.38. The van der Waals surface area contributed by atoms with E-state index in [4.69, 9.17) is 4.74 Å². The van der Waals surface area contributed by atoms with Crippen LogP contribution in [0.15, 0.2) is 30.3 Å². The average Bonchev–Trinajstić information content (AvgIpc) is 3.21. The molecule has 23 heavy (non-hydrogen) atoms. The van der Waals surface area contributed by atoms with Crippen LogP contribution in [0.5, 0.6) is 0 Å². The number of hydrogen-bond donors (Lipinski definition) is 2. The molecule has 1 saturated carbocycles. The Bertz CT molecular complexity index is 540. The Labute approximate surface area is 136 Å². The Balaban J connectivity index is 1.32. The summed E-state index contributed by atoms with van der Waals surface area (Å²) in [5.74, 6) is -0.328. The third-order valence-corrected chi connectivity index (χ3v) is 4.55. The maximum atomic E-state index is 12.1. The predicted octanol–water partition coefficient (Wildman–Crippen LogP) is 1.28. The lowest BCUT2D eigenvalue weighted by Gasteiger charge is -2.10. The predicted molar refractivity (Wildman–Crippen MR) is 86.7 cm³/mol. The molecule has 1 aromatic rings. The molecule has 2 fully saturated rings. The molecule has 124 valence electrons. The van der Waals surface area contributed by atoms with Crippen LogP contribution < -0.4 is 10.6 Å². The van der Waals surface area contributed by atoms with Crippen LogP contribution in [0.1, 0.15) is 24.8 Å². The van der Waals surface area contributed by atoms with E-state index in [0.29, 0.717) is 19.5 Å². The van der Waals surface area contributed by atoms with E-state index < -0.39 is 0 Å². The van der Waals surface area contributed by atoms with Gasteiger partial charge in [0.2, 0.25) is 11.8 Å². The molecule has 5 nitrogen and oxygen atoms in total. The molecule has 0 bridgehead atoms. The zero-order valence-electron chi connectivity index (χ0n) is 13.3. The molecule has 2 N–H and O–H groups in total. The second-order valence-corrected chi connectivity index (χ2v) is 6.36. The molecule has 3 rings (SSSR count). The van der Waals surface area contributed by atoms with Gasteiger partial charge in [0.25, 0.3) is 0 Å². The fourth-order valence-electron chi connectivity index (χ4n) is 3.03. The summed E-state index contributed by atoms with van der Waals surface area (Å²) in [5.41, 5.74) is 1.20. The first-order chi connectivity index (χ1) is 11.2. The van der Waals surface area contributed by atoms with Crippen LogP contribution in [0, 0.1) is 11.8 Å². The monoisotopic (exact) mass is 316 g/mol. The van der Waals surface area contributed by atoms with Gasteiger partial charge in [-0.3, -0.25) is 9.59 Å². The van der Waals surface area contributed by atoms with E-state index in [1.807, 2.05) is 30.3 Å². The minimum absolute atomic E-state index is 0.00167. The first-order valence-electron chi connectivity index (χ1n) is 8.45. The van der Waals surface area contributed by atoms with E-state index >= 15 is 0 Å². The van der Waals surface area contributed by atoms with Gasteiger partial charge >= 0.3 is 0 Å². The molecule has 2 amide bonds. The van der Waals surface area contributed by atoms with Crippen LogP contribution in [0.25, 0.3) is 0 Å². The zero-order chi connectivity index (χ0) is 16.1. The van der Waals surface area contributed by atoms with Gasteiger partial charge in [-0.2, -0.15) is 0 Å². The molecule has 1 aliphatic carbocycles. The Morgan fingerprint density at radius 2 is 1.83 bits per heavy atom. The van der Waals surface area contributed by atoms with Crippen LogP contribution in [0.3, 0.4) is 0 Å². The zero-order valence-corrected chi connectivity index (χ0v) is 13.3. The van der Waals surface area contributed by atoms with E-state index in [1.54, 1.807) is 0 Å². The molecule has 0 aromatic heterocycles. The van der Waals surface area contributed by atoms with Crippen molar-refractivity contribution in [2.24, 2.45) is 11.8 Å². The summed E-state index contributed by atoms with van der Waals surface area (Å²) in [6.45, 7) is 1.97. The topological polar surface area (TPSA) is 67.4 Å². The van der Waals surface area contributed by atoms with Gasteiger partial charge in [0, 0.05) is 19.7 Å². The van der Waals surface area contributed by atoms with E-state index in [9.17, 15) is 9.59 Å². The van der Waals surface area contributed by atoms with Crippen molar-refractivity contribution >= 4 is 11.8 Å². The van der Waals surface area contributed by atoms with Crippen molar-refractivity contribution in [2.75, 3.05) is 19.7 Å². The maximum absolute atomic E-state index is 12.1. The fourth-order valence-corrected chi connectivity index (χ4v) is 3.03. The molecule has 2 aliphatic rings. The molecule has 1 heterocycles. The lowest BCUT2D eigenvalue weighted by atomic mass is 10.1. The van der Waals surface area contributed by atoms with Crippen LogP contribution in [0.4, 0.5) is 0 Å². The van der Waals surface area contributed by atoms with Crippen molar-refractivity contribution in [3.63, 3.8) is 0 Å². The maximum Gasteiger partial charge on any atom is 0.224 e.